The largest absolute Gasteiger partial charge is 0.466 e. The lowest BCUT2D eigenvalue weighted by Gasteiger charge is -2.21. The predicted molar refractivity (Wildman–Crippen MR) is 82.6 cm³/mol. The Hall–Kier alpha value is -2.08. The fourth-order valence-electron chi connectivity index (χ4n) is 2.22. The lowest BCUT2D eigenvalue weighted by Crippen LogP contribution is -2.38. The standard InChI is InChI=1S/C16H23N3O3/c1-5-19-9-12(14(18-19)11(2)3)15(20)17-10-16(4,21)13-7-6-8-22-13/h6-9,11,21H,5,10H2,1-4H3,(H,17,20). The highest BCUT2D eigenvalue weighted by atomic mass is 16.4. The van der Waals surface area contributed by atoms with E-state index in [1.807, 2.05) is 20.8 Å². The number of nitrogens with one attached hydrogen (secondary N) is 1. The fraction of sp³-hybridized carbons (Fsp3) is 0.500. The van der Waals surface area contributed by atoms with Crippen molar-refractivity contribution in [2.75, 3.05) is 6.54 Å². The molecule has 0 saturated carbocycles. The Morgan fingerprint density at radius 3 is 2.82 bits per heavy atom. The molecule has 2 aromatic heterocycles. The molecule has 0 aromatic carbocycles. The maximum Gasteiger partial charge on any atom is 0.254 e. The van der Waals surface area contributed by atoms with Crippen LogP contribution in [0.25, 0.3) is 0 Å². The van der Waals surface area contributed by atoms with Crippen LogP contribution in [0.3, 0.4) is 0 Å². The second-order valence-electron chi connectivity index (χ2n) is 5.87. The monoisotopic (exact) mass is 305 g/mol. The molecule has 22 heavy (non-hydrogen) atoms. The van der Waals surface area contributed by atoms with Crippen LogP contribution >= 0.6 is 0 Å². The van der Waals surface area contributed by atoms with Crippen LogP contribution in [0.4, 0.5) is 0 Å². The molecule has 120 valence electrons. The summed E-state index contributed by atoms with van der Waals surface area (Å²) in [5.74, 6) is 0.329. The molecule has 0 aliphatic carbocycles. The maximum absolute atomic E-state index is 12.4. The summed E-state index contributed by atoms with van der Waals surface area (Å²) in [5.41, 5.74) is 0.0573. The van der Waals surface area contributed by atoms with Crippen molar-refractivity contribution in [1.29, 1.82) is 0 Å². The number of aromatic nitrogens is 2. The van der Waals surface area contributed by atoms with Gasteiger partial charge in [-0.25, -0.2) is 0 Å². The molecule has 2 N–H and O–H groups in total. The first-order chi connectivity index (χ1) is 10.3. The first-order valence-corrected chi connectivity index (χ1v) is 7.47. The summed E-state index contributed by atoms with van der Waals surface area (Å²) in [7, 11) is 0. The molecule has 0 aliphatic heterocycles. The number of carbonyl (C=O) groups is 1. The Morgan fingerprint density at radius 2 is 2.27 bits per heavy atom. The smallest absolute Gasteiger partial charge is 0.254 e. The summed E-state index contributed by atoms with van der Waals surface area (Å²) in [6.07, 6.45) is 3.24. The van der Waals surface area contributed by atoms with E-state index in [1.165, 1.54) is 6.26 Å². The Balaban J connectivity index is 2.11. The summed E-state index contributed by atoms with van der Waals surface area (Å²) >= 11 is 0. The molecular weight excluding hydrogens is 282 g/mol. The maximum atomic E-state index is 12.4. The average Bonchev–Trinajstić information content (AvgIpc) is 3.13. The molecule has 2 heterocycles. The number of furan rings is 1. The van der Waals surface area contributed by atoms with Gasteiger partial charge in [0.15, 0.2) is 0 Å². The molecule has 6 nitrogen and oxygen atoms in total. The Bertz CT molecular complexity index is 627. The lowest BCUT2D eigenvalue weighted by molar-refractivity contribution is 0.0330. The van der Waals surface area contributed by atoms with Gasteiger partial charge >= 0.3 is 0 Å². The highest BCUT2D eigenvalue weighted by Crippen LogP contribution is 2.21. The van der Waals surface area contributed by atoms with Crippen molar-refractivity contribution < 1.29 is 14.3 Å². The molecule has 0 spiro atoms. The second kappa shape index (κ2) is 6.36. The van der Waals surface area contributed by atoms with Crippen molar-refractivity contribution in [3.05, 3.63) is 41.6 Å². The predicted octanol–water partition coefficient (Wildman–Crippen LogP) is 2.26. The number of aryl methyl sites for hydroxylation is 1. The Kier molecular flexibility index (Phi) is 4.71. The van der Waals surface area contributed by atoms with Crippen molar-refractivity contribution in [2.24, 2.45) is 0 Å². The quantitative estimate of drug-likeness (QED) is 0.858. The average molecular weight is 305 g/mol. The second-order valence-corrected chi connectivity index (χ2v) is 5.87. The van der Waals surface area contributed by atoms with E-state index in [0.717, 1.165) is 5.69 Å². The minimum atomic E-state index is -1.25. The third-order valence-electron chi connectivity index (χ3n) is 3.55. The number of rotatable bonds is 6. The molecule has 0 aliphatic rings. The van der Waals surface area contributed by atoms with Crippen molar-refractivity contribution in [3.8, 4) is 0 Å². The van der Waals surface area contributed by atoms with E-state index in [2.05, 4.69) is 10.4 Å². The van der Waals surface area contributed by atoms with Crippen LogP contribution in [-0.2, 0) is 12.1 Å². The van der Waals surface area contributed by atoms with Gasteiger partial charge in [0.25, 0.3) is 5.91 Å². The zero-order chi connectivity index (χ0) is 16.3. The lowest BCUT2D eigenvalue weighted by atomic mass is 10.0. The van der Waals surface area contributed by atoms with Crippen LogP contribution in [0.1, 0.15) is 55.4 Å². The molecule has 1 unspecified atom stereocenters. The molecule has 0 fully saturated rings. The van der Waals surface area contributed by atoms with Crippen LogP contribution < -0.4 is 5.32 Å². The van der Waals surface area contributed by atoms with Gasteiger partial charge in [-0.1, -0.05) is 13.8 Å². The highest BCUT2D eigenvalue weighted by molar-refractivity contribution is 5.95. The van der Waals surface area contributed by atoms with Gasteiger partial charge in [-0.3, -0.25) is 9.48 Å². The number of aliphatic hydroxyl groups is 1. The fourth-order valence-corrected chi connectivity index (χ4v) is 2.22. The summed E-state index contributed by atoms with van der Waals surface area (Å²) in [6.45, 7) is 8.34. The number of hydrogen-bond donors (Lipinski definition) is 2. The zero-order valence-electron chi connectivity index (χ0n) is 13.5. The molecule has 1 atom stereocenters. The topological polar surface area (TPSA) is 80.3 Å². The third-order valence-corrected chi connectivity index (χ3v) is 3.55. The normalized spacial score (nSPS) is 14.1. The number of nitrogens with zero attached hydrogens (tertiary/aromatic N) is 2. The van der Waals surface area contributed by atoms with Crippen molar-refractivity contribution in [3.63, 3.8) is 0 Å². The van der Waals surface area contributed by atoms with Gasteiger partial charge in [-0.2, -0.15) is 5.10 Å². The first-order valence-electron chi connectivity index (χ1n) is 7.47. The SMILES string of the molecule is CCn1cc(C(=O)NCC(C)(O)c2ccco2)c(C(C)C)n1. The van der Waals surface area contributed by atoms with E-state index in [4.69, 9.17) is 4.42 Å². The summed E-state index contributed by atoms with van der Waals surface area (Å²) < 4.78 is 6.95. The molecule has 0 radical (unpaired) electrons. The number of carbonyl (C=O) groups excluding carboxylic acids is 1. The van der Waals surface area contributed by atoms with Gasteiger partial charge in [0.1, 0.15) is 11.4 Å². The van der Waals surface area contributed by atoms with Crippen LogP contribution in [-0.4, -0.2) is 27.3 Å². The van der Waals surface area contributed by atoms with E-state index >= 15 is 0 Å². The molecular formula is C16H23N3O3. The summed E-state index contributed by atoms with van der Waals surface area (Å²) in [5, 5.41) is 17.5. The number of amides is 1. The molecule has 0 saturated heterocycles. The third kappa shape index (κ3) is 3.39. The van der Waals surface area contributed by atoms with Crippen molar-refractivity contribution in [2.45, 2.75) is 45.8 Å². The Labute approximate surface area is 130 Å². The van der Waals surface area contributed by atoms with E-state index in [9.17, 15) is 9.90 Å². The van der Waals surface area contributed by atoms with E-state index < -0.39 is 5.60 Å². The number of hydrogen-bond acceptors (Lipinski definition) is 4. The molecule has 6 heteroatoms. The van der Waals surface area contributed by atoms with Gasteiger partial charge in [-0.05, 0) is 31.9 Å². The van der Waals surface area contributed by atoms with E-state index in [-0.39, 0.29) is 18.4 Å². The first kappa shape index (κ1) is 16.3. The van der Waals surface area contributed by atoms with Crippen LogP contribution in [0.2, 0.25) is 0 Å². The van der Waals surface area contributed by atoms with Crippen LogP contribution in [0, 0.1) is 0 Å². The summed E-state index contributed by atoms with van der Waals surface area (Å²) in [4.78, 5) is 12.4. The van der Waals surface area contributed by atoms with Crippen molar-refractivity contribution in [1.82, 2.24) is 15.1 Å². The van der Waals surface area contributed by atoms with Gasteiger partial charge in [0.05, 0.1) is 24.1 Å². The molecule has 1 amide bonds. The van der Waals surface area contributed by atoms with Gasteiger partial charge in [0.2, 0.25) is 0 Å². The van der Waals surface area contributed by atoms with Crippen LogP contribution in [0.15, 0.2) is 29.0 Å². The minimum Gasteiger partial charge on any atom is -0.466 e. The molecule has 2 aromatic rings. The van der Waals surface area contributed by atoms with E-state index in [1.54, 1.807) is 29.9 Å². The highest BCUT2D eigenvalue weighted by Gasteiger charge is 2.28. The molecule has 2 rings (SSSR count). The minimum absolute atomic E-state index is 0.0637. The Morgan fingerprint density at radius 1 is 1.55 bits per heavy atom. The summed E-state index contributed by atoms with van der Waals surface area (Å²) in [6, 6.07) is 3.38. The molecule has 0 bridgehead atoms. The van der Waals surface area contributed by atoms with Gasteiger partial charge < -0.3 is 14.8 Å². The van der Waals surface area contributed by atoms with Crippen molar-refractivity contribution >= 4 is 5.91 Å². The van der Waals surface area contributed by atoms with E-state index in [0.29, 0.717) is 17.9 Å². The zero-order valence-corrected chi connectivity index (χ0v) is 13.5. The van der Waals surface area contributed by atoms with Gasteiger partial charge in [0, 0.05) is 12.7 Å². The van der Waals surface area contributed by atoms with Crippen LogP contribution in [0.5, 0.6) is 0 Å². The van der Waals surface area contributed by atoms with Gasteiger partial charge in [-0.15, -0.1) is 0 Å².